The van der Waals surface area contributed by atoms with Crippen LogP contribution in [0.1, 0.15) is 32.0 Å². The molecule has 2 heterocycles. The van der Waals surface area contributed by atoms with Crippen LogP contribution >= 0.6 is 0 Å². The first-order valence-corrected chi connectivity index (χ1v) is 11.9. The number of nitrogens with zero attached hydrogens (tertiary/aromatic N) is 4. The standard InChI is InChI=1S/C27H31N7O3/c1-27(2,3)22(35)15-34-21-12-7-6-11-19(21)23(20-14-28-16-29-20)31-24(25(34)36)32-26(37)30-17-9-8-10-18(13-17)33(4)5/h6-14,16,24H,15H2,1-5H3,(H,28,29)(H2,30,32,37)/t24-/m0/s1. The van der Waals surface area contributed by atoms with Gasteiger partial charge in [-0.1, -0.05) is 45.0 Å². The van der Waals surface area contributed by atoms with Crippen molar-refractivity contribution in [2.75, 3.05) is 35.8 Å². The number of H-pyrrole nitrogens is 1. The summed E-state index contributed by atoms with van der Waals surface area (Å²) in [5.41, 5.74) is 2.90. The number of nitrogens with one attached hydrogen (secondary N) is 3. The Balaban J connectivity index is 1.71. The summed E-state index contributed by atoms with van der Waals surface area (Å²) in [6.45, 7) is 5.26. The van der Waals surface area contributed by atoms with Gasteiger partial charge < -0.3 is 25.4 Å². The van der Waals surface area contributed by atoms with Crippen LogP contribution in [0.25, 0.3) is 0 Å². The number of carbonyl (C=O) groups excluding carboxylic acids is 3. The van der Waals surface area contributed by atoms with Crippen LogP contribution in [-0.4, -0.2) is 60.2 Å². The van der Waals surface area contributed by atoms with Crippen molar-refractivity contribution in [2.24, 2.45) is 10.4 Å². The molecule has 0 saturated heterocycles. The van der Waals surface area contributed by atoms with Gasteiger partial charge in [-0.3, -0.25) is 9.59 Å². The lowest BCUT2D eigenvalue weighted by Crippen LogP contribution is -2.50. The van der Waals surface area contributed by atoms with Gasteiger partial charge in [-0.25, -0.2) is 14.8 Å². The molecule has 3 N–H and O–H groups in total. The number of benzodiazepines with no additional fused rings is 1. The summed E-state index contributed by atoms with van der Waals surface area (Å²) in [5, 5.41) is 5.45. The number of ketones is 1. The van der Waals surface area contributed by atoms with Gasteiger partial charge in [-0.2, -0.15) is 0 Å². The van der Waals surface area contributed by atoms with Crippen LogP contribution in [0.15, 0.2) is 66.0 Å². The lowest BCUT2D eigenvalue weighted by Gasteiger charge is -2.28. The molecule has 3 aromatic rings. The van der Waals surface area contributed by atoms with E-state index >= 15 is 0 Å². The lowest BCUT2D eigenvalue weighted by molar-refractivity contribution is -0.127. The zero-order valence-electron chi connectivity index (χ0n) is 21.6. The third kappa shape index (κ3) is 5.69. The average Bonchev–Trinajstić information content (AvgIpc) is 3.35. The summed E-state index contributed by atoms with van der Waals surface area (Å²) >= 11 is 0. The molecule has 3 amide bonds. The molecular formula is C27H31N7O3. The molecule has 1 aromatic heterocycles. The molecule has 1 aliphatic rings. The number of aromatic nitrogens is 2. The van der Waals surface area contributed by atoms with Crippen LogP contribution in [0.2, 0.25) is 0 Å². The number of para-hydroxylation sites is 1. The molecule has 0 fully saturated rings. The fraction of sp³-hybridized carbons (Fsp3) is 0.296. The highest BCUT2D eigenvalue weighted by Crippen LogP contribution is 2.29. The van der Waals surface area contributed by atoms with E-state index in [9.17, 15) is 14.4 Å². The maximum atomic E-state index is 13.8. The van der Waals surface area contributed by atoms with E-state index in [0.29, 0.717) is 28.3 Å². The van der Waals surface area contributed by atoms with Gasteiger partial charge in [0.25, 0.3) is 5.91 Å². The second-order valence-electron chi connectivity index (χ2n) is 9.99. The fourth-order valence-electron chi connectivity index (χ4n) is 3.81. The predicted octanol–water partition coefficient (Wildman–Crippen LogP) is 3.42. The molecule has 0 unspecified atom stereocenters. The molecule has 0 aliphatic carbocycles. The van der Waals surface area contributed by atoms with Gasteiger partial charge in [-0.05, 0) is 24.3 Å². The zero-order chi connectivity index (χ0) is 26.7. The molecule has 10 nitrogen and oxygen atoms in total. The molecule has 0 spiro atoms. The summed E-state index contributed by atoms with van der Waals surface area (Å²) < 4.78 is 0. The number of fused-ring (bicyclic) bond motifs is 1. The van der Waals surface area contributed by atoms with Gasteiger partial charge in [0, 0.05) is 42.6 Å². The third-order valence-corrected chi connectivity index (χ3v) is 5.98. The van der Waals surface area contributed by atoms with Crippen molar-refractivity contribution in [1.29, 1.82) is 0 Å². The van der Waals surface area contributed by atoms with Gasteiger partial charge in [-0.15, -0.1) is 0 Å². The van der Waals surface area contributed by atoms with Crippen molar-refractivity contribution in [2.45, 2.75) is 26.9 Å². The van der Waals surface area contributed by atoms with Gasteiger partial charge in [0.05, 0.1) is 24.3 Å². The smallest absolute Gasteiger partial charge is 0.321 e. The largest absolute Gasteiger partial charge is 0.378 e. The van der Waals surface area contributed by atoms with Crippen molar-refractivity contribution >= 4 is 40.5 Å². The maximum absolute atomic E-state index is 13.8. The second-order valence-corrected chi connectivity index (χ2v) is 9.99. The number of anilines is 3. The van der Waals surface area contributed by atoms with Gasteiger partial charge >= 0.3 is 6.03 Å². The van der Waals surface area contributed by atoms with E-state index in [-0.39, 0.29) is 12.3 Å². The third-order valence-electron chi connectivity index (χ3n) is 5.98. The van der Waals surface area contributed by atoms with Crippen LogP contribution in [0.5, 0.6) is 0 Å². The van der Waals surface area contributed by atoms with Gasteiger partial charge in [0.1, 0.15) is 5.69 Å². The van der Waals surface area contributed by atoms with E-state index < -0.39 is 23.5 Å². The van der Waals surface area contributed by atoms with Gasteiger partial charge in [0.15, 0.2) is 5.78 Å². The topological polar surface area (TPSA) is 123 Å². The van der Waals surface area contributed by atoms with Crippen LogP contribution in [0.4, 0.5) is 21.9 Å². The summed E-state index contributed by atoms with van der Waals surface area (Å²) in [6, 6.07) is 13.9. The number of rotatable bonds is 6. The minimum Gasteiger partial charge on any atom is -0.378 e. The number of benzene rings is 2. The summed E-state index contributed by atoms with van der Waals surface area (Å²) in [6.07, 6.45) is 1.89. The number of hydrogen-bond donors (Lipinski definition) is 3. The Kier molecular flexibility index (Phi) is 7.10. The van der Waals surface area contributed by atoms with Crippen molar-refractivity contribution in [1.82, 2.24) is 15.3 Å². The highest BCUT2D eigenvalue weighted by Gasteiger charge is 2.36. The zero-order valence-corrected chi connectivity index (χ0v) is 21.6. The van der Waals surface area contributed by atoms with Crippen molar-refractivity contribution in [3.63, 3.8) is 0 Å². The molecule has 1 atom stereocenters. The highest BCUT2D eigenvalue weighted by molar-refractivity contribution is 6.20. The first-order valence-electron chi connectivity index (χ1n) is 11.9. The Morgan fingerprint density at radius 3 is 2.54 bits per heavy atom. The fourth-order valence-corrected chi connectivity index (χ4v) is 3.81. The van der Waals surface area contributed by atoms with E-state index in [1.165, 1.54) is 11.2 Å². The number of aliphatic imine (C=N–C) groups is 1. The number of imidazole rings is 1. The molecule has 192 valence electrons. The maximum Gasteiger partial charge on any atom is 0.321 e. The number of aromatic amines is 1. The molecule has 0 bridgehead atoms. The number of carbonyl (C=O) groups is 3. The Morgan fingerprint density at radius 1 is 1.11 bits per heavy atom. The van der Waals surface area contributed by atoms with E-state index in [1.807, 2.05) is 49.3 Å². The van der Waals surface area contributed by atoms with Crippen molar-refractivity contribution in [3.8, 4) is 0 Å². The molecular weight excluding hydrogens is 470 g/mol. The second kappa shape index (κ2) is 10.3. The minimum atomic E-state index is -1.29. The molecule has 0 radical (unpaired) electrons. The monoisotopic (exact) mass is 501 g/mol. The van der Waals surface area contributed by atoms with Crippen molar-refractivity contribution in [3.05, 3.63) is 72.3 Å². The van der Waals surface area contributed by atoms with E-state index in [2.05, 4.69) is 25.6 Å². The molecule has 10 heteroatoms. The van der Waals surface area contributed by atoms with Crippen molar-refractivity contribution < 1.29 is 14.4 Å². The van der Waals surface area contributed by atoms with E-state index in [0.717, 1.165) is 5.69 Å². The predicted molar refractivity (Wildman–Crippen MR) is 144 cm³/mol. The number of urea groups is 1. The van der Waals surface area contributed by atoms with Crippen LogP contribution < -0.4 is 20.4 Å². The summed E-state index contributed by atoms with van der Waals surface area (Å²) in [4.78, 5) is 55.0. The quantitative estimate of drug-likeness (QED) is 0.478. The lowest BCUT2D eigenvalue weighted by atomic mass is 9.90. The SMILES string of the molecule is CN(C)c1cccc(NC(=O)N[C@@H]2N=C(c3c[nH]cn3)c3ccccc3N(CC(=O)C(C)(C)C)C2=O)c1. The van der Waals surface area contributed by atoms with Crippen LogP contribution in [-0.2, 0) is 9.59 Å². The first kappa shape index (κ1) is 25.6. The van der Waals surface area contributed by atoms with Gasteiger partial charge in [0.2, 0.25) is 6.17 Å². The van der Waals surface area contributed by atoms with Crippen LogP contribution in [0.3, 0.4) is 0 Å². The highest BCUT2D eigenvalue weighted by atomic mass is 16.2. The number of amides is 3. The Labute approximate surface area is 215 Å². The Bertz CT molecular complexity index is 1340. The number of hydrogen-bond acceptors (Lipinski definition) is 6. The van der Waals surface area contributed by atoms with E-state index in [1.54, 1.807) is 45.2 Å². The molecule has 37 heavy (non-hydrogen) atoms. The molecule has 1 aliphatic heterocycles. The molecule has 2 aromatic carbocycles. The first-order chi connectivity index (χ1) is 17.5. The average molecular weight is 502 g/mol. The van der Waals surface area contributed by atoms with E-state index in [4.69, 9.17) is 0 Å². The van der Waals surface area contributed by atoms with Crippen LogP contribution in [0, 0.1) is 5.41 Å². The Morgan fingerprint density at radius 2 is 1.86 bits per heavy atom. The molecule has 4 rings (SSSR count). The minimum absolute atomic E-state index is 0.123. The summed E-state index contributed by atoms with van der Waals surface area (Å²) in [5.74, 6) is -0.643. The Hall–Kier alpha value is -4.47. The summed E-state index contributed by atoms with van der Waals surface area (Å²) in [7, 11) is 3.81. The molecule has 0 saturated carbocycles. The normalized spacial score (nSPS) is 15.4. The number of Topliss-reactive ketones (excluding diaryl/α,β-unsaturated/α-hetero) is 1.